The minimum atomic E-state index is -4.47. The van der Waals surface area contributed by atoms with Crippen LogP contribution < -0.4 is 14.8 Å². The fourth-order valence-corrected chi connectivity index (χ4v) is 2.69. The normalized spacial score (nSPS) is 11.5. The van der Waals surface area contributed by atoms with Crippen molar-refractivity contribution in [3.63, 3.8) is 0 Å². The Bertz CT molecular complexity index is 1180. The molecule has 164 valence electrons. The van der Waals surface area contributed by atoms with Gasteiger partial charge in [0, 0.05) is 6.08 Å². The van der Waals surface area contributed by atoms with Crippen LogP contribution in [0.3, 0.4) is 0 Å². The molecule has 0 aliphatic heterocycles. The number of nitrogens with zero attached hydrogens (tertiary/aromatic N) is 1. The van der Waals surface area contributed by atoms with Crippen LogP contribution in [0.4, 0.5) is 18.9 Å². The molecule has 1 amide bonds. The quantitative estimate of drug-likeness (QED) is 0.390. The van der Waals surface area contributed by atoms with E-state index in [9.17, 15) is 23.2 Å². The second kappa shape index (κ2) is 9.75. The lowest BCUT2D eigenvalue weighted by Crippen LogP contribution is -2.14. The van der Waals surface area contributed by atoms with Gasteiger partial charge in [-0.25, -0.2) is 0 Å². The van der Waals surface area contributed by atoms with Crippen LogP contribution in [0.15, 0.2) is 70.7 Å². The van der Waals surface area contributed by atoms with Gasteiger partial charge in [0.25, 0.3) is 5.91 Å². The van der Waals surface area contributed by atoms with Crippen LogP contribution in [-0.4, -0.2) is 13.0 Å². The standard InChI is InChI=1S/C23H17F3N2O4/c1-30-21-8-3-2-7-20(21)28-22(29)15(13-27)11-18-9-10-19(32-18)14-31-17-6-4-5-16(12-17)23(24,25)26/h2-12H,14H2,1H3,(H,28,29)/b15-11+. The summed E-state index contributed by atoms with van der Waals surface area (Å²) in [6.45, 7) is -0.134. The van der Waals surface area contributed by atoms with Crippen molar-refractivity contribution in [1.82, 2.24) is 0 Å². The molecule has 0 saturated carbocycles. The summed E-state index contributed by atoms with van der Waals surface area (Å²) < 4.78 is 54.4. The molecule has 2 aromatic carbocycles. The molecular formula is C23H17F3N2O4. The van der Waals surface area contributed by atoms with Crippen molar-refractivity contribution in [2.75, 3.05) is 12.4 Å². The third-order valence-corrected chi connectivity index (χ3v) is 4.23. The van der Waals surface area contributed by atoms with Gasteiger partial charge < -0.3 is 19.2 Å². The molecule has 0 fully saturated rings. The van der Waals surface area contributed by atoms with Gasteiger partial charge in [0.2, 0.25) is 0 Å². The molecule has 0 spiro atoms. The minimum absolute atomic E-state index is 0.0298. The van der Waals surface area contributed by atoms with Crippen LogP contribution in [0.2, 0.25) is 0 Å². The monoisotopic (exact) mass is 442 g/mol. The van der Waals surface area contributed by atoms with Gasteiger partial charge in [-0.15, -0.1) is 0 Å². The molecule has 0 aliphatic rings. The third kappa shape index (κ3) is 5.70. The Hall–Kier alpha value is -4.19. The molecule has 0 unspecified atom stereocenters. The number of furan rings is 1. The van der Waals surface area contributed by atoms with Crippen LogP contribution in [0.5, 0.6) is 11.5 Å². The van der Waals surface area contributed by atoms with E-state index >= 15 is 0 Å². The maximum atomic E-state index is 12.8. The Morgan fingerprint density at radius 1 is 1.16 bits per heavy atom. The number of hydrogen-bond donors (Lipinski definition) is 1. The Morgan fingerprint density at radius 3 is 2.66 bits per heavy atom. The van der Waals surface area contributed by atoms with E-state index in [0.29, 0.717) is 17.2 Å². The van der Waals surface area contributed by atoms with Gasteiger partial charge in [-0.05, 0) is 42.5 Å². The molecular weight excluding hydrogens is 425 g/mol. The number of anilines is 1. The number of para-hydroxylation sites is 2. The van der Waals surface area contributed by atoms with Crippen molar-refractivity contribution in [2.45, 2.75) is 12.8 Å². The van der Waals surface area contributed by atoms with Crippen molar-refractivity contribution in [2.24, 2.45) is 0 Å². The molecule has 0 aliphatic carbocycles. The minimum Gasteiger partial charge on any atom is -0.495 e. The number of carbonyl (C=O) groups is 1. The first-order chi connectivity index (χ1) is 15.3. The summed E-state index contributed by atoms with van der Waals surface area (Å²) in [6.07, 6.45) is -3.22. The van der Waals surface area contributed by atoms with E-state index in [4.69, 9.17) is 13.9 Å². The zero-order chi connectivity index (χ0) is 23.1. The Labute approximate surface area is 181 Å². The average molecular weight is 442 g/mol. The van der Waals surface area contributed by atoms with Crippen LogP contribution in [0.1, 0.15) is 17.1 Å². The van der Waals surface area contributed by atoms with Gasteiger partial charge in [0.15, 0.2) is 0 Å². The Kier molecular flexibility index (Phi) is 6.85. The molecule has 9 heteroatoms. The van der Waals surface area contributed by atoms with Gasteiger partial charge in [0.1, 0.15) is 41.3 Å². The maximum absolute atomic E-state index is 12.8. The van der Waals surface area contributed by atoms with Gasteiger partial charge in [0.05, 0.1) is 18.4 Å². The lowest BCUT2D eigenvalue weighted by Gasteiger charge is -2.09. The zero-order valence-corrected chi connectivity index (χ0v) is 16.8. The van der Waals surface area contributed by atoms with Crippen LogP contribution in [0, 0.1) is 11.3 Å². The molecule has 3 aromatic rings. The third-order valence-electron chi connectivity index (χ3n) is 4.23. The van der Waals surface area contributed by atoms with E-state index in [1.165, 1.54) is 37.5 Å². The second-order valence-corrected chi connectivity index (χ2v) is 6.44. The summed E-state index contributed by atoms with van der Waals surface area (Å²) in [5, 5.41) is 11.9. The molecule has 6 nitrogen and oxygen atoms in total. The zero-order valence-electron chi connectivity index (χ0n) is 16.8. The molecule has 32 heavy (non-hydrogen) atoms. The highest BCUT2D eigenvalue weighted by atomic mass is 19.4. The van der Waals surface area contributed by atoms with Crippen LogP contribution in [0.25, 0.3) is 6.08 Å². The van der Waals surface area contributed by atoms with E-state index < -0.39 is 17.6 Å². The second-order valence-electron chi connectivity index (χ2n) is 6.44. The van der Waals surface area contributed by atoms with Crippen molar-refractivity contribution in [3.8, 4) is 17.6 Å². The number of benzene rings is 2. The number of alkyl halides is 3. The number of nitrogens with one attached hydrogen (secondary N) is 1. The summed E-state index contributed by atoms with van der Waals surface area (Å²) in [5.74, 6) is 0.318. The van der Waals surface area contributed by atoms with E-state index in [1.54, 1.807) is 30.3 Å². The van der Waals surface area contributed by atoms with Crippen molar-refractivity contribution < 1.29 is 31.9 Å². The van der Waals surface area contributed by atoms with Crippen molar-refractivity contribution in [3.05, 3.63) is 83.3 Å². The molecule has 1 N–H and O–H groups in total. The van der Waals surface area contributed by atoms with Gasteiger partial charge in [-0.1, -0.05) is 18.2 Å². The number of rotatable bonds is 7. The molecule has 1 heterocycles. The summed E-state index contributed by atoms with van der Waals surface area (Å²) in [5.41, 5.74) is -0.635. The van der Waals surface area contributed by atoms with E-state index in [1.807, 2.05) is 0 Å². The maximum Gasteiger partial charge on any atom is 0.416 e. The molecule has 0 radical (unpaired) electrons. The lowest BCUT2D eigenvalue weighted by molar-refractivity contribution is -0.137. The summed E-state index contributed by atoms with van der Waals surface area (Å²) in [6, 6.07) is 16.1. The molecule has 1 aromatic heterocycles. The number of methoxy groups -OCH3 is 1. The van der Waals surface area contributed by atoms with Crippen molar-refractivity contribution >= 4 is 17.7 Å². The van der Waals surface area contributed by atoms with Gasteiger partial charge in [-0.2, -0.15) is 18.4 Å². The lowest BCUT2D eigenvalue weighted by atomic mass is 10.2. The fraction of sp³-hybridized carbons (Fsp3) is 0.130. The Morgan fingerprint density at radius 2 is 1.94 bits per heavy atom. The first-order valence-corrected chi connectivity index (χ1v) is 9.25. The van der Waals surface area contributed by atoms with E-state index in [2.05, 4.69) is 5.32 Å². The van der Waals surface area contributed by atoms with Gasteiger partial charge >= 0.3 is 6.18 Å². The molecule has 0 atom stereocenters. The predicted octanol–water partition coefficient (Wildman–Crippen LogP) is 5.43. The van der Waals surface area contributed by atoms with Gasteiger partial charge in [-0.3, -0.25) is 4.79 Å². The highest BCUT2D eigenvalue weighted by molar-refractivity contribution is 6.10. The van der Waals surface area contributed by atoms with E-state index in [0.717, 1.165) is 12.1 Å². The summed E-state index contributed by atoms with van der Waals surface area (Å²) >= 11 is 0. The highest BCUT2D eigenvalue weighted by Gasteiger charge is 2.30. The summed E-state index contributed by atoms with van der Waals surface area (Å²) in [7, 11) is 1.46. The first kappa shape index (κ1) is 22.5. The number of halogens is 3. The fourth-order valence-electron chi connectivity index (χ4n) is 2.69. The van der Waals surface area contributed by atoms with Crippen LogP contribution >= 0.6 is 0 Å². The smallest absolute Gasteiger partial charge is 0.416 e. The largest absolute Gasteiger partial charge is 0.495 e. The topological polar surface area (TPSA) is 84.5 Å². The highest BCUT2D eigenvalue weighted by Crippen LogP contribution is 2.31. The van der Waals surface area contributed by atoms with Crippen LogP contribution in [-0.2, 0) is 17.6 Å². The average Bonchev–Trinajstić information content (AvgIpc) is 3.23. The summed E-state index contributed by atoms with van der Waals surface area (Å²) in [4.78, 5) is 12.4. The predicted molar refractivity (Wildman–Crippen MR) is 110 cm³/mol. The Balaban J connectivity index is 1.67. The SMILES string of the molecule is COc1ccccc1NC(=O)/C(C#N)=C/c1ccc(COc2cccc(C(F)(F)F)c2)o1. The van der Waals surface area contributed by atoms with Crippen molar-refractivity contribution in [1.29, 1.82) is 5.26 Å². The molecule has 0 saturated heterocycles. The number of ether oxygens (including phenoxy) is 2. The molecule has 0 bridgehead atoms. The number of carbonyl (C=O) groups excluding carboxylic acids is 1. The number of nitriles is 1. The number of amides is 1. The van der Waals surface area contributed by atoms with E-state index in [-0.39, 0.29) is 23.7 Å². The molecule has 3 rings (SSSR count). The number of hydrogen-bond acceptors (Lipinski definition) is 5. The first-order valence-electron chi connectivity index (χ1n) is 9.25.